The Bertz CT molecular complexity index is 771. The summed E-state index contributed by atoms with van der Waals surface area (Å²) >= 11 is 0. The minimum atomic E-state index is -0.230. The van der Waals surface area contributed by atoms with Gasteiger partial charge < -0.3 is 4.90 Å². The summed E-state index contributed by atoms with van der Waals surface area (Å²) in [6, 6.07) is 14.7. The quantitative estimate of drug-likeness (QED) is 0.742. The average molecular weight is 351 g/mol. The molecule has 0 bridgehead atoms. The lowest BCUT2D eigenvalue weighted by Gasteiger charge is -2.34. The predicted molar refractivity (Wildman–Crippen MR) is 104 cm³/mol. The molecule has 0 N–H and O–H groups in total. The van der Waals surface area contributed by atoms with Gasteiger partial charge in [-0.3, -0.25) is 4.79 Å². The van der Waals surface area contributed by atoms with Crippen molar-refractivity contribution in [3.63, 3.8) is 0 Å². The molecule has 136 valence electrons. The number of likely N-dealkylation sites (tertiary alicyclic amines) is 1. The first-order valence-electron chi connectivity index (χ1n) is 9.26. The third-order valence-corrected chi connectivity index (χ3v) is 5.46. The van der Waals surface area contributed by atoms with Gasteiger partial charge in [-0.15, -0.1) is 0 Å². The normalized spacial score (nSPS) is 16.3. The van der Waals surface area contributed by atoms with E-state index >= 15 is 0 Å². The maximum absolute atomic E-state index is 13.1. The number of hydrogen-bond acceptors (Lipinski definition) is 1. The van der Waals surface area contributed by atoms with Crippen LogP contribution in [0, 0.1) is 18.7 Å². The van der Waals surface area contributed by atoms with Crippen molar-refractivity contribution < 1.29 is 9.18 Å². The van der Waals surface area contributed by atoms with Crippen molar-refractivity contribution in [1.29, 1.82) is 0 Å². The van der Waals surface area contributed by atoms with Crippen LogP contribution in [-0.2, 0) is 4.79 Å². The summed E-state index contributed by atoms with van der Waals surface area (Å²) in [5.74, 6) is 0.193. The smallest absolute Gasteiger partial charge is 0.229 e. The molecule has 26 heavy (non-hydrogen) atoms. The van der Waals surface area contributed by atoms with Crippen LogP contribution in [0.25, 0.3) is 5.57 Å². The standard InChI is InChI=1S/C23H26FNO/c1-16-4-6-20(7-5-16)18(3)23(26)25-14-12-21(13-15-25)17(2)19-8-10-22(24)11-9-19/h4-11,18,21H,2,12-15H2,1,3H3. The van der Waals surface area contributed by atoms with E-state index < -0.39 is 0 Å². The van der Waals surface area contributed by atoms with Crippen molar-refractivity contribution in [1.82, 2.24) is 4.90 Å². The van der Waals surface area contributed by atoms with Gasteiger partial charge in [0.1, 0.15) is 5.82 Å². The molecule has 1 fully saturated rings. The molecule has 3 rings (SSSR count). The molecule has 1 atom stereocenters. The highest BCUT2D eigenvalue weighted by atomic mass is 19.1. The lowest BCUT2D eigenvalue weighted by atomic mass is 9.85. The Balaban J connectivity index is 1.59. The van der Waals surface area contributed by atoms with Gasteiger partial charge in [-0.25, -0.2) is 4.39 Å². The molecule has 3 heteroatoms. The van der Waals surface area contributed by atoms with Gasteiger partial charge in [0.15, 0.2) is 0 Å². The maximum Gasteiger partial charge on any atom is 0.229 e. The van der Waals surface area contributed by atoms with Crippen LogP contribution in [0.15, 0.2) is 55.1 Å². The van der Waals surface area contributed by atoms with Gasteiger partial charge >= 0.3 is 0 Å². The van der Waals surface area contributed by atoms with E-state index in [4.69, 9.17) is 0 Å². The second kappa shape index (κ2) is 7.86. The van der Waals surface area contributed by atoms with E-state index in [0.717, 1.165) is 42.6 Å². The molecule has 0 aliphatic carbocycles. The number of aryl methyl sites for hydroxylation is 1. The van der Waals surface area contributed by atoms with Crippen LogP contribution in [0.1, 0.15) is 42.4 Å². The van der Waals surface area contributed by atoms with Crippen molar-refractivity contribution in [2.45, 2.75) is 32.6 Å². The third-order valence-electron chi connectivity index (χ3n) is 5.46. The fourth-order valence-corrected chi connectivity index (χ4v) is 3.62. The number of halogens is 1. The van der Waals surface area contributed by atoms with Crippen LogP contribution in [-0.4, -0.2) is 23.9 Å². The molecule has 0 spiro atoms. The van der Waals surface area contributed by atoms with E-state index in [1.54, 1.807) is 12.1 Å². The van der Waals surface area contributed by atoms with E-state index in [9.17, 15) is 9.18 Å². The zero-order chi connectivity index (χ0) is 18.7. The van der Waals surface area contributed by atoms with Crippen molar-refractivity contribution in [3.05, 3.63) is 77.6 Å². The van der Waals surface area contributed by atoms with E-state index in [1.165, 1.54) is 17.7 Å². The number of nitrogens with zero attached hydrogens (tertiary/aromatic N) is 1. The Labute approximate surface area is 155 Å². The number of benzene rings is 2. The van der Waals surface area contributed by atoms with Gasteiger partial charge in [0, 0.05) is 13.1 Å². The van der Waals surface area contributed by atoms with Gasteiger partial charge in [-0.1, -0.05) is 48.5 Å². The summed E-state index contributed by atoms with van der Waals surface area (Å²) in [5.41, 5.74) is 4.31. The number of carbonyl (C=O) groups excluding carboxylic acids is 1. The summed E-state index contributed by atoms with van der Waals surface area (Å²) in [7, 11) is 0. The molecular weight excluding hydrogens is 325 g/mol. The summed E-state index contributed by atoms with van der Waals surface area (Å²) in [4.78, 5) is 14.8. The van der Waals surface area contributed by atoms with Gasteiger partial charge in [-0.2, -0.15) is 0 Å². The summed E-state index contributed by atoms with van der Waals surface area (Å²) in [6.07, 6.45) is 1.81. The molecule has 1 saturated heterocycles. The van der Waals surface area contributed by atoms with Gasteiger partial charge in [-0.05, 0) is 61.4 Å². The number of piperidine rings is 1. The maximum atomic E-state index is 13.1. The van der Waals surface area contributed by atoms with Crippen LogP contribution < -0.4 is 0 Å². The molecule has 0 radical (unpaired) electrons. The van der Waals surface area contributed by atoms with E-state index in [0.29, 0.717) is 5.92 Å². The van der Waals surface area contributed by atoms with Crippen molar-refractivity contribution in [2.24, 2.45) is 5.92 Å². The number of amides is 1. The van der Waals surface area contributed by atoms with E-state index in [-0.39, 0.29) is 17.6 Å². The lowest BCUT2D eigenvalue weighted by molar-refractivity contribution is -0.133. The molecule has 2 nitrogen and oxygen atoms in total. The van der Waals surface area contributed by atoms with Gasteiger partial charge in [0.2, 0.25) is 5.91 Å². The fourth-order valence-electron chi connectivity index (χ4n) is 3.62. The molecule has 2 aromatic carbocycles. The Morgan fingerprint density at radius 1 is 1.08 bits per heavy atom. The minimum Gasteiger partial charge on any atom is -0.342 e. The topological polar surface area (TPSA) is 20.3 Å². The monoisotopic (exact) mass is 351 g/mol. The Morgan fingerprint density at radius 3 is 2.23 bits per heavy atom. The molecule has 1 amide bonds. The number of allylic oxidation sites excluding steroid dienone is 1. The summed E-state index contributed by atoms with van der Waals surface area (Å²) < 4.78 is 13.1. The first-order valence-corrected chi connectivity index (χ1v) is 9.26. The Kier molecular flexibility index (Phi) is 5.55. The van der Waals surface area contributed by atoms with Crippen molar-refractivity contribution in [2.75, 3.05) is 13.1 Å². The largest absolute Gasteiger partial charge is 0.342 e. The van der Waals surface area contributed by atoms with E-state index in [1.807, 2.05) is 24.0 Å². The minimum absolute atomic E-state index is 0.118. The molecule has 0 aromatic heterocycles. The zero-order valence-electron chi connectivity index (χ0n) is 15.5. The first kappa shape index (κ1) is 18.4. The highest BCUT2D eigenvalue weighted by Gasteiger charge is 2.28. The van der Waals surface area contributed by atoms with Crippen LogP contribution in [0.4, 0.5) is 4.39 Å². The predicted octanol–water partition coefficient (Wildman–Crippen LogP) is 5.19. The molecule has 0 saturated carbocycles. The van der Waals surface area contributed by atoms with E-state index in [2.05, 4.69) is 25.6 Å². The van der Waals surface area contributed by atoms with Crippen LogP contribution in [0.3, 0.4) is 0 Å². The molecule has 1 unspecified atom stereocenters. The number of rotatable bonds is 4. The SMILES string of the molecule is C=C(c1ccc(F)cc1)C1CCN(C(=O)C(C)c2ccc(C)cc2)CC1. The molecule has 1 heterocycles. The molecule has 2 aromatic rings. The Hall–Kier alpha value is -2.42. The number of carbonyl (C=O) groups is 1. The second-order valence-electron chi connectivity index (χ2n) is 7.26. The summed E-state index contributed by atoms with van der Waals surface area (Å²) in [5, 5.41) is 0. The summed E-state index contributed by atoms with van der Waals surface area (Å²) in [6.45, 7) is 9.75. The van der Waals surface area contributed by atoms with Crippen molar-refractivity contribution in [3.8, 4) is 0 Å². The zero-order valence-corrected chi connectivity index (χ0v) is 15.5. The first-order chi connectivity index (χ1) is 12.5. The second-order valence-corrected chi connectivity index (χ2v) is 7.26. The molecular formula is C23H26FNO. The van der Waals surface area contributed by atoms with Gasteiger partial charge in [0.25, 0.3) is 0 Å². The van der Waals surface area contributed by atoms with Gasteiger partial charge in [0.05, 0.1) is 5.92 Å². The molecule has 1 aliphatic heterocycles. The highest BCUT2D eigenvalue weighted by Crippen LogP contribution is 2.31. The van der Waals surface area contributed by atoms with Crippen molar-refractivity contribution >= 4 is 11.5 Å². The van der Waals surface area contributed by atoms with Crippen LogP contribution in [0.5, 0.6) is 0 Å². The fraction of sp³-hybridized carbons (Fsp3) is 0.348. The Morgan fingerprint density at radius 2 is 1.65 bits per heavy atom. The highest BCUT2D eigenvalue weighted by molar-refractivity contribution is 5.83. The number of hydrogen-bond donors (Lipinski definition) is 0. The molecule has 1 aliphatic rings. The van der Waals surface area contributed by atoms with Crippen LogP contribution in [0.2, 0.25) is 0 Å². The third kappa shape index (κ3) is 4.04. The van der Waals surface area contributed by atoms with Crippen LogP contribution >= 0.6 is 0 Å². The average Bonchev–Trinajstić information content (AvgIpc) is 2.67. The lowest BCUT2D eigenvalue weighted by Crippen LogP contribution is -2.40.